The molecule has 98 valence electrons. The fourth-order valence-electron chi connectivity index (χ4n) is 0. The fraction of sp³-hybridized carbons (Fsp3) is 1.00. The summed E-state index contributed by atoms with van der Waals surface area (Å²) in [6.45, 7) is 2.39. The molecule has 0 aromatic heterocycles. The minimum absolute atomic E-state index is 0. The topological polar surface area (TPSA) is 209 Å². The van der Waals surface area contributed by atoms with Crippen molar-refractivity contribution < 1.29 is 16.5 Å². The maximum atomic E-state index is 8.00. The minimum atomic E-state index is 0. The van der Waals surface area contributed by atoms with Gasteiger partial charge in [-0.05, 0) is 0 Å². The second kappa shape index (κ2) is 73.4. The Labute approximate surface area is 97.1 Å². The van der Waals surface area contributed by atoms with E-state index in [0.29, 0.717) is 26.2 Å². The van der Waals surface area contributed by atoms with E-state index in [9.17, 15) is 0 Å². The van der Waals surface area contributed by atoms with Gasteiger partial charge in [0.25, 0.3) is 0 Å². The Bertz CT molecular complexity index is 75.5. The van der Waals surface area contributed by atoms with Crippen LogP contribution in [0.4, 0.5) is 0 Å². The second-order valence-corrected chi connectivity index (χ2v) is 1.30. The van der Waals surface area contributed by atoms with Gasteiger partial charge in [-0.15, -0.1) is 10.7 Å². The molecular weight excluding hydrogens is 255 g/mol. The molecule has 0 aromatic rings. The molecule has 0 aliphatic carbocycles. The van der Waals surface area contributed by atoms with E-state index in [0.717, 1.165) is 10.7 Å². The molecule has 0 fully saturated rings. The van der Waals surface area contributed by atoms with Crippen LogP contribution in [0.5, 0.6) is 0 Å². The maximum absolute atomic E-state index is 8.00. The molecule has 0 bridgehead atoms. The molecule has 15 heavy (non-hydrogen) atoms. The van der Waals surface area contributed by atoms with E-state index in [-0.39, 0.29) is 16.5 Å². The summed E-state index contributed by atoms with van der Waals surface area (Å²) in [6.07, 6.45) is 0. The summed E-state index contributed by atoms with van der Waals surface area (Å²) < 4.78 is 0. The van der Waals surface area contributed by atoms with E-state index < -0.39 is 0 Å². The van der Waals surface area contributed by atoms with Gasteiger partial charge in [-0.1, -0.05) is 0 Å². The molecule has 0 aromatic carbocycles. The third-order valence-corrected chi connectivity index (χ3v) is 0.333. The molecule has 10 nitrogen and oxygen atoms in total. The van der Waals surface area contributed by atoms with E-state index in [1.54, 1.807) is 0 Å². The molecule has 0 radical (unpaired) electrons. The Morgan fingerprint density at radius 3 is 0.800 bits per heavy atom. The van der Waals surface area contributed by atoms with Gasteiger partial charge in [0.15, 0.2) is 0 Å². The zero-order valence-corrected chi connectivity index (χ0v) is 8.97. The second-order valence-electron chi connectivity index (χ2n) is 1.30. The molecule has 0 saturated carbocycles. The largest absolute Gasteiger partial charge is 0.444 e. The Hall–Kier alpha value is -0.866. The quantitative estimate of drug-likeness (QED) is 0.257. The number of hydrogen-bond acceptors (Lipinski definition) is 10. The molecule has 0 unspecified atom stereocenters. The van der Waals surface area contributed by atoms with Gasteiger partial charge in [0.1, 0.15) is 0 Å². The van der Waals surface area contributed by atoms with Crippen molar-refractivity contribution >= 4 is 0 Å². The standard InChI is InChI=1S/2C2H8N2.2HNO2.Ni/c2*3-1-2-4;2*2-1-3;/h2*1-4H2;2*(H,2,3);/p-2. The minimum Gasteiger partial charge on any atom is -0.444 e. The first-order chi connectivity index (χ1) is 6.66. The molecule has 0 aliphatic rings. The van der Waals surface area contributed by atoms with Crippen LogP contribution in [0, 0.1) is 20.2 Å². The summed E-state index contributed by atoms with van der Waals surface area (Å²) in [7, 11) is 0. The van der Waals surface area contributed by atoms with E-state index in [2.05, 4.69) is 0 Å². The first kappa shape index (κ1) is 29.2. The number of rotatable bonds is 2. The number of nitrogens with two attached hydrogens (primary N) is 4. The molecule has 0 rings (SSSR count). The third-order valence-electron chi connectivity index (χ3n) is 0.333. The molecule has 0 spiro atoms. The molecular formula is C4H16N6NiO4-2. The van der Waals surface area contributed by atoms with E-state index in [1.807, 2.05) is 0 Å². The first-order valence-corrected chi connectivity index (χ1v) is 3.36. The Kier molecular flexibility index (Phi) is 143. The molecule has 0 heterocycles. The summed E-state index contributed by atoms with van der Waals surface area (Å²) in [6, 6.07) is 0. The zero-order valence-electron chi connectivity index (χ0n) is 7.98. The van der Waals surface area contributed by atoms with E-state index in [1.165, 1.54) is 0 Å². The van der Waals surface area contributed by atoms with E-state index in [4.69, 9.17) is 43.2 Å². The van der Waals surface area contributed by atoms with Crippen LogP contribution in [-0.2, 0) is 16.5 Å². The Morgan fingerprint density at radius 2 is 0.800 bits per heavy atom. The van der Waals surface area contributed by atoms with Gasteiger partial charge in [-0.25, -0.2) is 0 Å². The van der Waals surface area contributed by atoms with Crippen molar-refractivity contribution in [2.45, 2.75) is 0 Å². The normalized spacial score (nSPS) is 5.60. The predicted octanol–water partition coefficient (Wildman–Crippen LogP) is -1.69. The van der Waals surface area contributed by atoms with Gasteiger partial charge in [0, 0.05) is 42.7 Å². The van der Waals surface area contributed by atoms with Gasteiger partial charge in [0.2, 0.25) is 0 Å². The maximum Gasteiger partial charge on any atom is 0.00461 e. The first-order valence-electron chi connectivity index (χ1n) is 3.36. The third kappa shape index (κ3) is 1270. The van der Waals surface area contributed by atoms with Crippen LogP contribution in [0.1, 0.15) is 0 Å². The summed E-state index contributed by atoms with van der Waals surface area (Å²) in [5.41, 5.74) is 19.6. The van der Waals surface area contributed by atoms with Crippen LogP contribution in [0.3, 0.4) is 0 Å². The molecule has 0 aliphatic heterocycles. The van der Waals surface area contributed by atoms with Gasteiger partial charge in [0.05, 0.1) is 0 Å². The van der Waals surface area contributed by atoms with Gasteiger partial charge < -0.3 is 43.2 Å². The van der Waals surface area contributed by atoms with Crippen molar-refractivity contribution in [2.24, 2.45) is 33.6 Å². The van der Waals surface area contributed by atoms with Crippen molar-refractivity contribution in [3.63, 3.8) is 0 Å². The molecule has 0 saturated heterocycles. The summed E-state index contributed by atoms with van der Waals surface area (Å²) in [4.78, 5) is 16.0. The van der Waals surface area contributed by atoms with E-state index >= 15 is 0 Å². The van der Waals surface area contributed by atoms with Crippen LogP contribution in [0.2, 0.25) is 0 Å². The number of nitrogens with zero attached hydrogens (tertiary/aromatic N) is 2. The van der Waals surface area contributed by atoms with Gasteiger partial charge in [-0.2, -0.15) is 0 Å². The summed E-state index contributed by atoms with van der Waals surface area (Å²) in [5, 5.41) is 18.0. The van der Waals surface area contributed by atoms with Crippen molar-refractivity contribution in [2.75, 3.05) is 26.2 Å². The number of hydrogen-bond donors (Lipinski definition) is 4. The molecule has 11 heteroatoms. The summed E-state index contributed by atoms with van der Waals surface area (Å²) in [5.74, 6) is 0. The molecule has 8 N–H and O–H groups in total. The van der Waals surface area contributed by atoms with Crippen molar-refractivity contribution in [3.05, 3.63) is 20.2 Å². The van der Waals surface area contributed by atoms with Crippen molar-refractivity contribution in [3.8, 4) is 0 Å². The SMILES string of the molecule is NCCN.NCCN.O=N[O-].O=N[O-].[Ni]. The monoisotopic (exact) mass is 270 g/mol. The van der Waals surface area contributed by atoms with Crippen molar-refractivity contribution in [1.29, 1.82) is 0 Å². The fourth-order valence-corrected chi connectivity index (χ4v) is 0. The van der Waals surface area contributed by atoms with Crippen LogP contribution in [-0.4, -0.2) is 26.2 Å². The predicted molar refractivity (Wildman–Crippen MR) is 54.5 cm³/mol. The van der Waals surface area contributed by atoms with Crippen LogP contribution in [0.15, 0.2) is 10.7 Å². The van der Waals surface area contributed by atoms with Crippen LogP contribution >= 0.6 is 0 Å². The van der Waals surface area contributed by atoms with Gasteiger partial charge in [-0.3, -0.25) is 0 Å². The Balaban J connectivity index is -0.0000000293. The van der Waals surface area contributed by atoms with Crippen molar-refractivity contribution in [1.82, 2.24) is 0 Å². The molecule has 0 amide bonds. The molecule has 0 atom stereocenters. The Morgan fingerprint density at radius 1 is 0.733 bits per heavy atom. The van der Waals surface area contributed by atoms with Crippen LogP contribution < -0.4 is 22.9 Å². The van der Waals surface area contributed by atoms with Crippen LogP contribution in [0.25, 0.3) is 0 Å². The average Bonchev–Trinajstić information content (AvgIpc) is 2.20. The average molecular weight is 271 g/mol. The zero-order chi connectivity index (χ0) is 12.2. The smallest absolute Gasteiger partial charge is 0.00461 e. The van der Waals surface area contributed by atoms with Gasteiger partial charge >= 0.3 is 0 Å². The summed E-state index contributed by atoms with van der Waals surface area (Å²) >= 11 is 0.